The summed E-state index contributed by atoms with van der Waals surface area (Å²) >= 11 is 1.46. The maximum Gasteiger partial charge on any atom is 0.231 e. The van der Waals surface area contributed by atoms with E-state index < -0.39 is 0 Å². The topological polar surface area (TPSA) is 71.5 Å². The molecule has 3 rings (SSSR count). The second kappa shape index (κ2) is 8.52. The van der Waals surface area contributed by atoms with Gasteiger partial charge in [0, 0.05) is 37.0 Å². The van der Waals surface area contributed by atoms with Gasteiger partial charge in [-0.25, -0.2) is 4.98 Å². The van der Waals surface area contributed by atoms with Crippen LogP contribution in [-0.4, -0.2) is 41.9 Å². The van der Waals surface area contributed by atoms with Gasteiger partial charge >= 0.3 is 0 Å². The van der Waals surface area contributed by atoms with E-state index in [4.69, 9.17) is 4.74 Å². The Morgan fingerprint density at radius 2 is 2.11 bits per heavy atom. The van der Waals surface area contributed by atoms with E-state index in [-0.39, 0.29) is 24.2 Å². The summed E-state index contributed by atoms with van der Waals surface area (Å²) in [6.07, 6.45) is 2.82. The quantitative estimate of drug-likeness (QED) is 0.792. The minimum Gasteiger partial charge on any atom is -0.497 e. The fourth-order valence-electron chi connectivity index (χ4n) is 3.16. The number of rotatable bonds is 7. The molecule has 1 atom stereocenters. The molecule has 1 aliphatic rings. The number of carbonyl (C=O) groups is 2. The molecule has 1 fully saturated rings. The molecule has 0 saturated carbocycles. The number of amides is 2. The van der Waals surface area contributed by atoms with Gasteiger partial charge in [0.15, 0.2) is 5.13 Å². The fourth-order valence-corrected chi connectivity index (χ4v) is 4.01. The lowest BCUT2D eigenvalue weighted by molar-refractivity contribution is -0.128. The van der Waals surface area contributed by atoms with Crippen molar-refractivity contribution in [3.05, 3.63) is 40.9 Å². The van der Waals surface area contributed by atoms with Gasteiger partial charge in [-0.2, -0.15) is 0 Å². The van der Waals surface area contributed by atoms with Crippen LogP contribution in [0.15, 0.2) is 30.5 Å². The van der Waals surface area contributed by atoms with Gasteiger partial charge in [-0.05, 0) is 23.6 Å². The Balaban J connectivity index is 1.55. The van der Waals surface area contributed by atoms with Crippen molar-refractivity contribution in [2.45, 2.75) is 26.7 Å². The van der Waals surface area contributed by atoms with Crippen molar-refractivity contribution in [1.29, 1.82) is 0 Å². The van der Waals surface area contributed by atoms with Crippen molar-refractivity contribution in [1.82, 2.24) is 9.88 Å². The molecule has 0 aliphatic carbocycles. The first-order valence-electron chi connectivity index (χ1n) is 9.11. The average Bonchev–Trinajstić information content (AvgIpc) is 3.22. The maximum atomic E-state index is 12.5. The molecule has 2 heterocycles. The first-order valence-corrected chi connectivity index (χ1v) is 9.92. The lowest BCUT2D eigenvalue weighted by Gasteiger charge is -2.18. The van der Waals surface area contributed by atoms with Crippen molar-refractivity contribution in [2.75, 3.05) is 25.5 Å². The number of aromatic nitrogens is 1. The van der Waals surface area contributed by atoms with Crippen molar-refractivity contribution in [3.63, 3.8) is 0 Å². The third-order valence-corrected chi connectivity index (χ3v) is 5.40. The fraction of sp³-hybridized carbons (Fsp3) is 0.450. The molecule has 0 unspecified atom stereocenters. The van der Waals surface area contributed by atoms with Crippen LogP contribution in [0.3, 0.4) is 0 Å². The van der Waals surface area contributed by atoms with E-state index in [2.05, 4.69) is 24.1 Å². The first-order chi connectivity index (χ1) is 12.9. The zero-order valence-electron chi connectivity index (χ0n) is 15.9. The lowest BCUT2D eigenvalue weighted by atomic mass is 10.1. The first kappa shape index (κ1) is 19.4. The molecule has 1 aliphatic heterocycles. The van der Waals surface area contributed by atoms with Crippen LogP contribution in [-0.2, 0) is 16.0 Å². The summed E-state index contributed by atoms with van der Waals surface area (Å²) in [6, 6.07) is 7.90. The highest BCUT2D eigenvalue weighted by atomic mass is 32.1. The largest absolute Gasteiger partial charge is 0.497 e. The predicted octanol–water partition coefficient (Wildman–Crippen LogP) is 3.19. The zero-order chi connectivity index (χ0) is 19.4. The molecular formula is C20H25N3O3S. The van der Waals surface area contributed by atoms with E-state index in [1.807, 2.05) is 24.3 Å². The highest BCUT2D eigenvalue weighted by Gasteiger charge is 2.34. The van der Waals surface area contributed by atoms with Crippen LogP contribution >= 0.6 is 11.3 Å². The van der Waals surface area contributed by atoms with Gasteiger partial charge in [0.1, 0.15) is 5.75 Å². The van der Waals surface area contributed by atoms with Gasteiger partial charge in [0.05, 0.1) is 13.0 Å². The summed E-state index contributed by atoms with van der Waals surface area (Å²) in [4.78, 5) is 31.7. The van der Waals surface area contributed by atoms with Gasteiger partial charge in [-0.3, -0.25) is 9.59 Å². The summed E-state index contributed by atoms with van der Waals surface area (Å²) in [5.41, 5.74) is 1.16. The number of hydrogen-bond donors (Lipinski definition) is 1. The van der Waals surface area contributed by atoms with Crippen LogP contribution in [0.1, 0.15) is 30.7 Å². The van der Waals surface area contributed by atoms with E-state index in [9.17, 15) is 9.59 Å². The van der Waals surface area contributed by atoms with Gasteiger partial charge in [0.2, 0.25) is 11.8 Å². The molecule has 7 heteroatoms. The molecule has 2 amide bonds. The molecular weight excluding hydrogens is 362 g/mol. The van der Waals surface area contributed by atoms with Gasteiger partial charge in [-0.1, -0.05) is 26.0 Å². The Kier molecular flexibility index (Phi) is 6.11. The third-order valence-electron chi connectivity index (χ3n) is 4.49. The van der Waals surface area contributed by atoms with Gasteiger partial charge in [-0.15, -0.1) is 11.3 Å². The second-order valence-corrected chi connectivity index (χ2v) is 8.35. The Morgan fingerprint density at radius 3 is 2.78 bits per heavy atom. The Bertz CT molecular complexity index is 801. The molecule has 1 aromatic heterocycles. The van der Waals surface area contributed by atoms with Crippen LogP contribution < -0.4 is 10.1 Å². The van der Waals surface area contributed by atoms with Crippen LogP contribution in [0.4, 0.5) is 5.13 Å². The Labute approximate surface area is 163 Å². The summed E-state index contributed by atoms with van der Waals surface area (Å²) in [7, 11) is 1.65. The normalized spacial score (nSPS) is 16.8. The number of hydrogen-bond acceptors (Lipinski definition) is 5. The molecule has 6 nitrogen and oxygen atoms in total. The van der Waals surface area contributed by atoms with E-state index >= 15 is 0 Å². The van der Waals surface area contributed by atoms with E-state index in [0.717, 1.165) is 22.6 Å². The number of carbonyl (C=O) groups excluding carboxylic acids is 2. The van der Waals surface area contributed by atoms with E-state index in [0.29, 0.717) is 24.1 Å². The number of methoxy groups -OCH3 is 1. The number of ether oxygens (including phenoxy) is 1. The number of benzene rings is 1. The number of nitrogens with one attached hydrogen (secondary N) is 1. The summed E-state index contributed by atoms with van der Waals surface area (Å²) in [5, 5.41) is 3.45. The maximum absolute atomic E-state index is 12.5. The molecule has 0 radical (unpaired) electrons. The molecule has 0 bridgehead atoms. The molecule has 2 aromatic rings. The SMILES string of the molecule is COc1ccc(Cc2cnc(NC(=O)[C@H]3CC(=O)N(CC(C)C)C3)s2)cc1. The molecule has 27 heavy (non-hydrogen) atoms. The summed E-state index contributed by atoms with van der Waals surface area (Å²) < 4.78 is 5.17. The molecule has 0 spiro atoms. The molecule has 1 aromatic carbocycles. The molecule has 144 valence electrons. The number of likely N-dealkylation sites (tertiary alicyclic amines) is 1. The molecule has 1 N–H and O–H groups in total. The minimum absolute atomic E-state index is 0.0585. The van der Waals surface area contributed by atoms with Crippen LogP contribution in [0, 0.1) is 11.8 Å². The number of nitrogens with zero attached hydrogens (tertiary/aromatic N) is 2. The number of anilines is 1. The van der Waals surface area contributed by atoms with Gasteiger partial charge < -0.3 is 15.0 Å². The zero-order valence-corrected chi connectivity index (χ0v) is 16.7. The minimum atomic E-state index is -0.301. The van der Waals surface area contributed by atoms with E-state index in [1.165, 1.54) is 11.3 Å². The summed E-state index contributed by atoms with van der Waals surface area (Å²) in [6.45, 7) is 5.33. The van der Waals surface area contributed by atoms with Gasteiger partial charge in [0.25, 0.3) is 0 Å². The van der Waals surface area contributed by atoms with Crippen molar-refractivity contribution in [3.8, 4) is 5.75 Å². The van der Waals surface area contributed by atoms with Crippen LogP contribution in [0.2, 0.25) is 0 Å². The van der Waals surface area contributed by atoms with Crippen molar-refractivity contribution >= 4 is 28.3 Å². The van der Waals surface area contributed by atoms with Crippen LogP contribution in [0.5, 0.6) is 5.75 Å². The smallest absolute Gasteiger partial charge is 0.231 e. The Hall–Kier alpha value is -2.41. The molecule has 1 saturated heterocycles. The standard InChI is InChI=1S/C20H25N3O3S/c1-13(2)11-23-12-15(9-18(23)24)19(25)22-20-21-10-17(27-20)8-14-4-6-16(26-3)7-5-14/h4-7,10,13,15H,8-9,11-12H2,1-3H3,(H,21,22,25)/t15-/m0/s1. The third kappa shape index (κ3) is 5.07. The van der Waals surface area contributed by atoms with Crippen molar-refractivity contribution in [2.24, 2.45) is 11.8 Å². The second-order valence-electron chi connectivity index (χ2n) is 7.24. The van der Waals surface area contributed by atoms with Crippen LogP contribution in [0.25, 0.3) is 0 Å². The van der Waals surface area contributed by atoms with E-state index in [1.54, 1.807) is 18.2 Å². The highest BCUT2D eigenvalue weighted by Crippen LogP contribution is 2.25. The highest BCUT2D eigenvalue weighted by molar-refractivity contribution is 7.15. The van der Waals surface area contributed by atoms with Crippen molar-refractivity contribution < 1.29 is 14.3 Å². The Morgan fingerprint density at radius 1 is 1.37 bits per heavy atom. The lowest BCUT2D eigenvalue weighted by Crippen LogP contribution is -2.31. The predicted molar refractivity (Wildman–Crippen MR) is 106 cm³/mol. The monoisotopic (exact) mass is 387 g/mol. The number of thiazole rings is 1. The average molecular weight is 388 g/mol. The summed E-state index contributed by atoms with van der Waals surface area (Å²) in [5.74, 6) is 0.859.